The zero-order valence-electron chi connectivity index (χ0n) is 17.1. The second-order valence-electron chi connectivity index (χ2n) is 7.30. The predicted molar refractivity (Wildman–Crippen MR) is 125 cm³/mol. The van der Waals surface area contributed by atoms with Gasteiger partial charge in [0.05, 0.1) is 16.4 Å². The van der Waals surface area contributed by atoms with E-state index in [1.807, 2.05) is 30.3 Å². The lowest BCUT2D eigenvalue weighted by Gasteiger charge is -2.22. The van der Waals surface area contributed by atoms with Crippen molar-refractivity contribution in [3.63, 3.8) is 0 Å². The van der Waals surface area contributed by atoms with Crippen LogP contribution in [-0.2, 0) is 9.59 Å². The van der Waals surface area contributed by atoms with E-state index >= 15 is 0 Å². The summed E-state index contributed by atoms with van der Waals surface area (Å²) in [7, 11) is 0. The molecule has 2 amide bonds. The average Bonchev–Trinajstić information content (AvgIpc) is 2.78. The number of hydrogen-bond donors (Lipinski definition) is 3. The number of hydrogen-bond acceptors (Lipinski definition) is 6. The molecule has 3 aromatic rings. The van der Waals surface area contributed by atoms with Crippen molar-refractivity contribution >= 4 is 46.3 Å². The molecule has 0 radical (unpaired) electrons. The van der Waals surface area contributed by atoms with Crippen molar-refractivity contribution in [1.82, 2.24) is 0 Å². The third-order valence-corrected chi connectivity index (χ3v) is 6.00. The van der Waals surface area contributed by atoms with E-state index in [9.17, 15) is 19.7 Å². The SMILES string of the molecule is Cc1ccc(NC(=O)[C@@H](Nc2ccc3c(c2)NC(=O)CS3)c2ccccc2)c([N+](=O)[O-])c1. The summed E-state index contributed by atoms with van der Waals surface area (Å²) in [5.74, 6) is -0.160. The summed E-state index contributed by atoms with van der Waals surface area (Å²) in [6.45, 7) is 1.75. The molecule has 1 atom stereocenters. The van der Waals surface area contributed by atoms with Gasteiger partial charge in [-0.3, -0.25) is 19.7 Å². The van der Waals surface area contributed by atoms with E-state index in [0.29, 0.717) is 22.7 Å². The van der Waals surface area contributed by atoms with Gasteiger partial charge in [0.15, 0.2) is 0 Å². The van der Waals surface area contributed by atoms with Gasteiger partial charge in [0.1, 0.15) is 11.7 Å². The number of nitrogens with one attached hydrogen (secondary N) is 3. The van der Waals surface area contributed by atoms with Crippen LogP contribution in [0.4, 0.5) is 22.7 Å². The topological polar surface area (TPSA) is 113 Å². The van der Waals surface area contributed by atoms with Crippen LogP contribution in [-0.4, -0.2) is 22.5 Å². The van der Waals surface area contributed by atoms with E-state index in [2.05, 4.69) is 16.0 Å². The highest BCUT2D eigenvalue weighted by atomic mass is 32.2. The monoisotopic (exact) mass is 448 g/mol. The Bertz CT molecular complexity index is 1200. The third-order valence-electron chi connectivity index (χ3n) is 4.93. The number of nitro benzene ring substituents is 1. The zero-order chi connectivity index (χ0) is 22.7. The number of nitrogens with zero attached hydrogens (tertiary/aromatic N) is 1. The van der Waals surface area contributed by atoms with Crippen LogP contribution < -0.4 is 16.0 Å². The number of benzene rings is 3. The maximum atomic E-state index is 13.2. The van der Waals surface area contributed by atoms with Gasteiger partial charge < -0.3 is 16.0 Å². The van der Waals surface area contributed by atoms with Crippen LogP contribution in [0.3, 0.4) is 0 Å². The van der Waals surface area contributed by atoms with E-state index in [-0.39, 0.29) is 17.3 Å². The van der Waals surface area contributed by atoms with Gasteiger partial charge in [-0.05, 0) is 42.3 Å². The van der Waals surface area contributed by atoms with Crippen molar-refractivity contribution in [2.45, 2.75) is 17.9 Å². The quantitative estimate of drug-likeness (QED) is 0.371. The molecular weight excluding hydrogens is 428 g/mol. The Balaban J connectivity index is 1.64. The van der Waals surface area contributed by atoms with Gasteiger partial charge in [0.2, 0.25) is 5.91 Å². The van der Waals surface area contributed by atoms with Crippen molar-refractivity contribution in [1.29, 1.82) is 0 Å². The van der Waals surface area contributed by atoms with Gasteiger partial charge >= 0.3 is 0 Å². The largest absolute Gasteiger partial charge is 0.370 e. The molecule has 0 aliphatic carbocycles. The normalized spacial score (nSPS) is 13.5. The van der Waals surface area contributed by atoms with Gasteiger partial charge in [-0.15, -0.1) is 11.8 Å². The first-order chi connectivity index (χ1) is 15.4. The lowest BCUT2D eigenvalue weighted by atomic mass is 10.0. The molecule has 0 bridgehead atoms. The Labute approximate surface area is 188 Å². The maximum Gasteiger partial charge on any atom is 0.293 e. The number of carbonyl (C=O) groups is 2. The number of anilines is 3. The van der Waals surface area contributed by atoms with Crippen LogP contribution >= 0.6 is 11.8 Å². The number of nitro groups is 1. The molecule has 0 fully saturated rings. The Kier molecular flexibility index (Phi) is 6.09. The highest BCUT2D eigenvalue weighted by Crippen LogP contribution is 2.35. The van der Waals surface area contributed by atoms with E-state index in [1.165, 1.54) is 23.9 Å². The number of aryl methyl sites for hydroxylation is 1. The number of carbonyl (C=O) groups excluding carboxylic acids is 2. The zero-order valence-corrected chi connectivity index (χ0v) is 17.9. The molecule has 32 heavy (non-hydrogen) atoms. The molecule has 8 nitrogen and oxygen atoms in total. The summed E-state index contributed by atoms with van der Waals surface area (Å²) < 4.78 is 0. The molecule has 0 unspecified atom stereocenters. The lowest BCUT2D eigenvalue weighted by Crippen LogP contribution is -2.27. The number of rotatable bonds is 6. The molecule has 3 N–H and O–H groups in total. The molecule has 1 aliphatic heterocycles. The molecule has 0 saturated carbocycles. The number of fused-ring (bicyclic) bond motifs is 1. The van der Waals surface area contributed by atoms with Crippen molar-refractivity contribution in [3.05, 3.63) is 88.0 Å². The van der Waals surface area contributed by atoms with Gasteiger partial charge in [0, 0.05) is 16.6 Å². The fourth-order valence-electron chi connectivity index (χ4n) is 3.39. The van der Waals surface area contributed by atoms with Crippen LogP contribution in [0, 0.1) is 17.0 Å². The molecule has 1 aliphatic rings. The van der Waals surface area contributed by atoms with Crippen LogP contribution in [0.25, 0.3) is 0 Å². The second-order valence-corrected chi connectivity index (χ2v) is 8.32. The first-order valence-corrected chi connectivity index (χ1v) is 10.8. The summed E-state index contributed by atoms with van der Waals surface area (Å²) in [5, 5.41) is 20.2. The highest BCUT2D eigenvalue weighted by Gasteiger charge is 2.25. The molecule has 3 aromatic carbocycles. The predicted octanol–water partition coefficient (Wildman–Crippen LogP) is 4.74. The Morgan fingerprint density at radius 3 is 2.66 bits per heavy atom. The van der Waals surface area contributed by atoms with Crippen molar-refractivity contribution in [2.24, 2.45) is 0 Å². The summed E-state index contributed by atoms with van der Waals surface area (Å²) in [4.78, 5) is 36.9. The minimum absolute atomic E-state index is 0.0799. The van der Waals surface area contributed by atoms with E-state index < -0.39 is 16.9 Å². The van der Waals surface area contributed by atoms with Crippen molar-refractivity contribution < 1.29 is 14.5 Å². The minimum atomic E-state index is -0.817. The molecule has 4 rings (SSSR count). The van der Waals surface area contributed by atoms with Crippen LogP contribution in [0.2, 0.25) is 0 Å². The minimum Gasteiger partial charge on any atom is -0.370 e. The average molecular weight is 449 g/mol. The van der Waals surface area contributed by atoms with Crippen molar-refractivity contribution in [2.75, 3.05) is 21.7 Å². The fraction of sp³-hybridized carbons (Fsp3) is 0.130. The standard InChI is InChI=1S/C23H20N4O4S/c1-14-7-9-17(19(11-14)27(30)31)26-23(29)22(15-5-3-2-4-6-15)24-16-8-10-20-18(12-16)25-21(28)13-32-20/h2-12,22,24H,13H2,1H3,(H,25,28)(H,26,29)/t22-/m0/s1. The smallest absolute Gasteiger partial charge is 0.293 e. The Morgan fingerprint density at radius 1 is 1.12 bits per heavy atom. The number of thioether (sulfide) groups is 1. The molecule has 9 heteroatoms. The summed E-state index contributed by atoms with van der Waals surface area (Å²) in [5.41, 5.74) is 2.69. The van der Waals surface area contributed by atoms with Crippen LogP contribution in [0.15, 0.2) is 71.6 Å². The molecule has 0 spiro atoms. The third kappa shape index (κ3) is 4.73. The second kappa shape index (κ2) is 9.11. The van der Waals surface area contributed by atoms with Gasteiger partial charge in [-0.2, -0.15) is 0 Å². The molecule has 0 saturated heterocycles. The lowest BCUT2D eigenvalue weighted by molar-refractivity contribution is -0.384. The summed E-state index contributed by atoms with van der Waals surface area (Å²) >= 11 is 1.45. The molecule has 162 valence electrons. The number of amides is 2. The molecule has 0 aromatic heterocycles. The van der Waals surface area contributed by atoms with E-state index in [4.69, 9.17) is 0 Å². The first kappa shape index (κ1) is 21.4. The summed E-state index contributed by atoms with van der Waals surface area (Å²) in [6, 6.07) is 18.4. The van der Waals surface area contributed by atoms with Crippen LogP contribution in [0.5, 0.6) is 0 Å². The first-order valence-electron chi connectivity index (χ1n) is 9.85. The fourth-order valence-corrected chi connectivity index (χ4v) is 4.18. The Hall–Kier alpha value is -3.85. The van der Waals surface area contributed by atoms with Crippen LogP contribution in [0.1, 0.15) is 17.2 Å². The molecular formula is C23H20N4O4S. The van der Waals surface area contributed by atoms with Gasteiger partial charge in [0.25, 0.3) is 11.6 Å². The van der Waals surface area contributed by atoms with E-state index in [0.717, 1.165) is 10.5 Å². The van der Waals surface area contributed by atoms with Gasteiger partial charge in [-0.25, -0.2) is 0 Å². The van der Waals surface area contributed by atoms with Crippen molar-refractivity contribution in [3.8, 4) is 0 Å². The van der Waals surface area contributed by atoms with Gasteiger partial charge in [-0.1, -0.05) is 36.4 Å². The molecule has 1 heterocycles. The Morgan fingerprint density at radius 2 is 1.91 bits per heavy atom. The van der Waals surface area contributed by atoms with E-state index in [1.54, 1.807) is 31.2 Å². The summed E-state index contributed by atoms with van der Waals surface area (Å²) in [6.07, 6.45) is 0. The maximum absolute atomic E-state index is 13.2. The highest BCUT2D eigenvalue weighted by molar-refractivity contribution is 8.00.